The second kappa shape index (κ2) is 11.4. The molecule has 6 aliphatic carbocycles. The fraction of sp³-hybridized carbons (Fsp3) is 0.975. The number of carbonyl (C=O) groups excluding carboxylic acids is 1. The van der Waals surface area contributed by atoms with Crippen molar-refractivity contribution in [3.8, 4) is 0 Å². The van der Waals surface area contributed by atoms with E-state index in [0.29, 0.717) is 34.0 Å². The zero-order valence-electron chi connectivity index (χ0n) is 30.6. The Labute approximate surface area is 284 Å². The maximum atomic E-state index is 12.0. The maximum Gasteiger partial charge on any atom is 0.303 e. The number of hydrogen-bond acceptors (Lipinski definition) is 7. The summed E-state index contributed by atoms with van der Waals surface area (Å²) < 4.78 is 25.9. The number of rotatable bonds is 6. The lowest BCUT2D eigenvalue weighted by Crippen LogP contribution is -2.56. The van der Waals surface area contributed by atoms with E-state index in [1.54, 1.807) is 13.8 Å². The average Bonchev–Trinajstić information content (AvgIpc) is 3.39. The minimum Gasteiger partial charge on any atom is -0.457 e. The summed E-state index contributed by atoms with van der Waals surface area (Å²) in [5.74, 6) is 3.16. The topological polar surface area (TPSA) is 77.5 Å². The maximum absolute atomic E-state index is 12.0. The van der Waals surface area contributed by atoms with Gasteiger partial charge in [0.15, 0.2) is 12.4 Å². The van der Waals surface area contributed by atoms with Crippen molar-refractivity contribution >= 4 is 5.97 Å². The van der Waals surface area contributed by atoms with Gasteiger partial charge in [0.2, 0.25) is 0 Å². The Morgan fingerprint density at radius 3 is 2.40 bits per heavy atom. The Kier molecular flexibility index (Phi) is 8.10. The first-order valence-corrected chi connectivity index (χ1v) is 19.8. The van der Waals surface area contributed by atoms with Crippen LogP contribution in [-0.2, 0) is 23.7 Å². The normalized spacial score (nSPS) is 50.0. The van der Waals surface area contributed by atoms with Gasteiger partial charge in [-0.2, -0.15) is 0 Å². The van der Waals surface area contributed by atoms with Crippen LogP contribution in [0.1, 0.15) is 132 Å². The van der Waals surface area contributed by atoms with Gasteiger partial charge in [-0.15, -0.1) is 0 Å². The Balaban J connectivity index is 0.982. The Bertz CT molecular complexity index is 1210. The van der Waals surface area contributed by atoms with E-state index in [1.807, 2.05) is 0 Å². The van der Waals surface area contributed by atoms with Crippen molar-refractivity contribution in [2.45, 2.75) is 174 Å². The highest BCUT2D eigenvalue weighted by atomic mass is 16.7. The summed E-state index contributed by atoms with van der Waals surface area (Å²) in [7, 11) is 0. The fourth-order valence-corrected chi connectivity index (χ4v) is 14.8. The highest BCUT2D eigenvalue weighted by Gasteiger charge is 2.84. The molecule has 7 nitrogen and oxygen atoms in total. The number of carbonyl (C=O) groups is 1. The molecule has 2 heterocycles. The van der Waals surface area contributed by atoms with Crippen LogP contribution in [0.5, 0.6) is 0 Å². The summed E-state index contributed by atoms with van der Waals surface area (Å²) in [5.41, 5.74) is 0.229. The first kappa shape index (κ1) is 33.4. The van der Waals surface area contributed by atoms with Gasteiger partial charge in [0, 0.05) is 26.1 Å². The molecule has 8 fully saturated rings. The van der Waals surface area contributed by atoms with E-state index >= 15 is 0 Å². The van der Waals surface area contributed by atoms with Crippen molar-refractivity contribution in [3.63, 3.8) is 0 Å². The van der Waals surface area contributed by atoms with Crippen LogP contribution in [0.4, 0.5) is 0 Å². The molecule has 1 N–H and O–H groups in total. The third-order valence-corrected chi connectivity index (χ3v) is 16.8. The fourth-order valence-electron chi connectivity index (χ4n) is 14.8. The third-order valence-electron chi connectivity index (χ3n) is 16.8. The lowest BCUT2D eigenvalue weighted by molar-refractivity contribution is -0.247. The second-order valence-corrected chi connectivity index (χ2v) is 19.2. The van der Waals surface area contributed by atoms with Crippen molar-refractivity contribution < 1.29 is 28.8 Å². The van der Waals surface area contributed by atoms with E-state index in [2.05, 4.69) is 32.6 Å². The molecule has 6 saturated carbocycles. The van der Waals surface area contributed by atoms with Crippen LogP contribution in [0.25, 0.3) is 0 Å². The standard InChI is InChI=1S/C40H65NO6/c1-24-39-19-18-38(7)28-12-14-30(35(37(5,6)43)45-25(2)42)46-31(28)22-29(38)27(39)13-15-32-36(3,4)33(16-17-40(24,32)39)47-34-23-41(20-21-44-34)26-10-8-9-11-26/h24,26-35,43H,8-23H2,1-7H3/t24-,27-,28?,29?,30+,31?,32?,33-,34?,35-,38+,39-,40?/m0/s1. The van der Waals surface area contributed by atoms with Gasteiger partial charge in [0.25, 0.3) is 0 Å². The van der Waals surface area contributed by atoms with E-state index in [0.717, 1.165) is 63.3 Å². The van der Waals surface area contributed by atoms with E-state index in [-0.39, 0.29) is 36.0 Å². The van der Waals surface area contributed by atoms with Crippen LogP contribution < -0.4 is 0 Å². The van der Waals surface area contributed by atoms with Crippen LogP contribution in [0.15, 0.2) is 0 Å². The first-order chi connectivity index (χ1) is 22.2. The summed E-state index contributed by atoms with van der Waals surface area (Å²) >= 11 is 0. The minimum atomic E-state index is -1.13. The molecule has 47 heavy (non-hydrogen) atoms. The lowest BCUT2D eigenvalue weighted by atomic mass is 9.46. The molecule has 2 aliphatic heterocycles. The molecule has 266 valence electrons. The largest absolute Gasteiger partial charge is 0.457 e. The van der Waals surface area contributed by atoms with Crippen molar-refractivity contribution in [2.24, 2.45) is 51.2 Å². The molecule has 0 aromatic heterocycles. The van der Waals surface area contributed by atoms with E-state index in [4.69, 9.17) is 18.9 Å². The molecule has 7 heteroatoms. The third kappa shape index (κ3) is 4.84. The quantitative estimate of drug-likeness (QED) is 0.305. The average molecular weight is 656 g/mol. The van der Waals surface area contributed by atoms with Crippen molar-refractivity contribution in [1.82, 2.24) is 4.90 Å². The number of hydrogen-bond donors (Lipinski definition) is 1. The molecular weight excluding hydrogens is 590 g/mol. The van der Waals surface area contributed by atoms with Crippen molar-refractivity contribution in [2.75, 3.05) is 19.7 Å². The molecule has 0 aromatic rings. The summed E-state index contributed by atoms with van der Waals surface area (Å²) in [5, 5.41) is 10.9. The SMILES string of the molecule is CC(=O)O[C@@H]([C@H]1CCC2C(CC3[C@@H]4CCC5C(C)(C)[C@@H](OC6CN(C7CCCC7)CCO6)CCC56[C@@H](C)[C@@]46CC[C@]23C)O1)C(C)(C)O. The summed E-state index contributed by atoms with van der Waals surface area (Å²) in [6.45, 7) is 18.1. The molecule has 13 atom stereocenters. The zero-order valence-corrected chi connectivity index (χ0v) is 30.6. The van der Waals surface area contributed by atoms with E-state index in [9.17, 15) is 9.90 Å². The number of ether oxygens (including phenoxy) is 4. The number of nitrogens with zero attached hydrogens (tertiary/aromatic N) is 1. The van der Waals surface area contributed by atoms with Crippen LogP contribution >= 0.6 is 0 Å². The lowest BCUT2D eigenvalue weighted by Gasteiger charge is -2.60. The highest BCUT2D eigenvalue weighted by molar-refractivity contribution is 5.66. The van der Waals surface area contributed by atoms with E-state index in [1.165, 1.54) is 64.7 Å². The predicted octanol–water partition coefficient (Wildman–Crippen LogP) is 7.13. The minimum absolute atomic E-state index is 0.0810. The molecule has 8 aliphatic rings. The predicted molar refractivity (Wildman–Crippen MR) is 180 cm³/mol. The van der Waals surface area contributed by atoms with Gasteiger partial charge in [-0.1, -0.05) is 40.5 Å². The zero-order chi connectivity index (χ0) is 33.1. The monoisotopic (exact) mass is 655 g/mol. The molecule has 0 aromatic carbocycles. The summed E-state index contributed by atoms with van der Waals surface area (Å²) in [6.07, 6.45) is 15.9. The van der Waals surface area contributed by atoms with Gasteiger partial charge < -0.3 is 24.1 Å². The highest BCUT2D eigenvalue weighted by Crippen LogP contribution is 2.89. The Morgan fingerprint density at radius 1 is 0.936 bits per heavy atom. The van der Waals surface area contributed by atoms with Gasteiger partial charge in [0.05, 0.1) is 30.5 Å². The van der Waals surface area contributed by atoms with Crippen molar-refractivity contribution in [1.29, 1.82) is 0 Å². The molecule has 8 rings (SSSR count). The van der Waals surface area contributed by atoms with Crippen LogP contribution in [-0.4, -0.2) is 78.0 Å². The molecular formula is C40H65NO6. The van der Waals surface area contributed by atoms with Gasteiger partial charge in [-0.3, -0.25) is 9.69 Å². The van der Waals surface area contributed by atoms with E-state index < -0.39 is 11.7 Å². The number of aliphatic hydroxyl groups is 1. The number of esters is 1. The molecule has 6 unspecified atom stereocenters. The number of fused-ring (bicyclic) bond motifs is 4. The molecule has 0 bridgehead atoms. The second-order valence-electron chi connectivity index (χ2n) is 19.2. The summed E-state index contributed by atoms with van der Waals surface area (Å²) in [4.78, 5) is 14.7. The summed E-state index contributed by atoms with van der Waals surface area (Å²) in [6, 6.07) is 0.736. The Morgan fingerprint density at radius 2 is 1.68 bits per heavy atom. The molecule has 2 spiro atoms. The smallest absolute Gasteiger partial charge is 0.303 e. The number of morpholine rings is 1. The van der Waals surface area contributed by atoms with Gasteiger partial charge >= 0.3 is 5.97 Å². The first-order valence-electron chi connectivity index (χ1n) is 19.8. The molecule has 0 radical (unpaired) electrons. The van der Waals surface area contributed by atoms with Crippen LogP contribution in [0.2, 0.25) is 0 Å². The van der Waals surface area contributed by atoms with Crippen molar-refractivity contribution in [3.05, 3.63) is 0 Å². The van der Waals surface area contributed by atoms with Crippen LogP contribution in [0.3, 0.4) is 0 Å². The van der Waals surface area contributed by atoms with Crippen LogP contribution in [0, 0.1) is 51.2 Å². The molecule has 2 saturated heterocycles. The van der Waals surface area contributed by atoms with Gasteiger partial charge in [0.1, 0.15) is 0 Å². The Hall–Kier alpha value is -0.730. The molecule has 0 amide bonds. The van der Waals surface area contributed by atoms with Gasteiger partial charge in [-0.05, 0) is 136 Å². The van der Waals surface area contributed by atoms with Gasteiger partial charge in [-0.25, -0.2) is 0 Å².